The minimum absolute atomic E-state index is 0.282. The number of rotatable bonds is 8. The fourth-order valence-electron chi connectivity index (χ4n) is 2.90. The number of hydrogen-bond donors (Lipinski definition) is 1. The molecule has 0 amide bonds. The molecule has 0 spiro atoms. The summed E-state index contributed by atoms with van der Waals surface area (Å²) >= 11 is 0. The van der Waals surface area contributed by atoms with Gasteiger partial charge in [-0.1, -0.05) is 12.1 Å². The van der Waals surface area contributed by atoms with Gasteiger partial charge in [0.15, 0.2) is 11.6 Å². The van der Waals surface area contributed by atoms with Gasteiger partial charge in [0.05, 0.1) is 13.2 Å². The Morgan fingerprint density at radius 1 is 1.30 bits per heavy atom. The Balaban J connectivity index is 1.76. The fraction of sp³-hybridized carbons (Fsp3) is 0.556. The molecule has 1 N–H and O–H groups in total. The Bertz CT molecular complexity index is 502. The first kappa shape index (κ1) is 17.9. The van der Waals surface area contributed by atoms with E-state index in [1.807, 2.05) is 12.1 Å². The molecule has 1 aromatic carbocycles. The van der Waals surface area contributed by atoms with Crippen LogP contribution in [0.4, 0.5) is 4.39 Å². The van der Waals surface area contributed by atoms with Crippen LogP contribution in [0.5, 0.6) is 5.75 Å². The van der Waals surface area contributed by atoms with Crippen molar-refractivity contribution in [1.82, 2.24) is 9.80 Å². The van der Waals surface area contributed by atoms with Crippen molar-refractivity contribution in [1.29, 1.82) is 0 Å². The third-order valence-electron chi connectivity index (χ3n) is 4.26. The molecule has 1 fully saturated rings. The third-order valence-corrected chi connectivity index (χ3v) is 4.26. The maximum atomic E-state index is 13.7. The SMILES string of the molecule is C=CCCC(O)CN1CCN(Cc2ccc(OC)c(F)c2)CC1. The normalized spacial score (nSPS) is 17.9. The number of methoxy groups -OCH3 is 1. The van der Waals surface area contributed by atoms with Crippen molar-refractivity contribution in [3.05, 3.63) is 42.2 Å². The highest BCUT2D eigenvalue weighted by molar-refractivity contribution is 5.29. The van der Waals surface area contributed by atoms with Gasteiger partial charge in [0.1, 0.15) is 0 Å². The van der Waals surface area contributed by atoms with Gasteiger partial charge in [-0.15, -0.1) is 6.58 Å². The van der Waals surface area contributed by atoms with Gasteiger partial charge >= 0.3 is 0 Å². The van der Waals surface area contributed by atoms with Crippen molar-refractivity contribution in [2.45, 2.75) is 25.5 Å². The molecule has 1 aliphatic rings. The van der Waals surface area contributed by atoms with Gasteiger partial charge in [-0.25, -0.2) is 4.39 Å². The molecule has 1 atom stereocenters. The maximum Gasteiger partial charge on any atom is 0.165 e. The number of halogens is 1. The predicted molar refractivity (Wildman–Crippen MR) is 90.1 cm³/mol. The lowest BCUT2D eigenvalue weighted by Crippen LogP contribution is -2.48. The first-order valence-corrected chi connectivity index (χ1v) is 8.18. The van der Waals surface area contributed by atoms with E-state index in [1.54, 1.807) is 12.1 Å². The number of β-amino-alcohol motifs (C(OH)–C–C–N with tert-alkyl or cyclic N) is 1. The summed E-state index contributed by atoms with van der Waals surface area (Å²) in [7, 11) is 1.47. The van der Waals surface area contributed by atoms with Crippen LogP contribution in [0.2, 0.25) is 0 Å². The lowest BCUT2D eigenvalue weighted by molar-refractivity contribution is 0.0669. The number of ether oxygens (including phenoxy) is 1. The minimum Gasteiger partial charge on any atom is -0.494 e. The van der Waals surface area contributed by atoms with Crippen molar-refractivity contribution < 1.29 is 14.2 Å². The number of benzene rings is 1. The molecule has 128 valence electrons. The summed E-state index contributed by atoms with van der Waals surface area (Å²) < 4.78 is 18.7. The number of allylic oxidation sites excluding steroid dienone is 1. The molecule has 0 bridgehead atoms. The molecule has 0 radical (unpaired) electrons. The van der Waals surface area contributed by atoms with Crippen LogP contribution >= 0.6 is 0 Å². The van der Waals surface area contributed by atoms with Gasteiger partial charge in [-0.2, -0.15) is 0 Å². The van der Waals surface area contributed by atoms with Crippen LogP contribution in [0.25, 0.3) is 0 Å². The molecule has 1 saturated heterocycles. The maximum absolute atomic E-state index is 13.7. The van der Waals surface area contributed by atoms with E-state index in [1.165, 1.54) is 7.11 Å². The van der Waals surface area contributed by atoms with E-state index in [-0.39, 0.29) is 17.7 Å². The Labute approximate surface area is 138 Å². The summed E-state index contributed by atoms with van der Waals surface area (Å²) in [6.45, 7) is 8.88. The molecule has 1 aromatic rings. The van der Waals surface area contributed by atoms with Crippen molar-refractivity contribution in [2.75, 3.05) is 39.8 Å². The standard InChI is InChI=1S/C18H27FN2O2/c1-3-4-5-16(22)14-21-10-8-20(9-11-21)13-15-6-7-18(23-2)17(19)12-15/h3,6-7,12,16,22H,1,4-5,8-11,13-14H2,2H3. The van der Waals surface area contributed by atoms with Gasteiger partial charge in [0, 0.05) is 39.3 Å². The second-order valence-corrected chi connectivity index (χ2v) is 6.07. The highest BCUT2D eigenvalue weighted by Gasteiger charge is 2.19. The van der Waals surface area contributed by atoms with Crippen LogP contribution in [-0.2, 0) is 6.54 Å². The average molecular weight is 322 g/mol. The lowest BCUT2D eigenvalue weighted by atomic mass is 10.1. The predicted octanol–water partition coefficient (Wildman–Crippen LogP) is 2.28. The highest BCUT2D eigenvalue weighted by atomic mass is 19.1. The summed E-state index contributed by atoms with van der Waals surface area (Å²) in [6.07, 6.45) is 3.18. The Kier molecular flexibility index (Phi) is 7.02. The molecular formula is C18H27FN2O2. The topological polar surface area (TPSA) is 35.9 Å². The lowest BCUT2D eigenvalue weighted by Gasteiger charge is -2.35. The van der Waals surface area contributed by atoms with E-state index in [4.69, 9.17) is 4.74 Å². The van der Waals surface area contributed by atoms with Crippen LogP contribution in [0.1, 0.15) is 18.4 Å². The molecule has 5 heteroatoms. The molecule has 1 aliphatic heterocycles. The summed E-state index contributed by atoms with van der Waals surface area (Å²) in [5.41, 5.74) is 0.961. The molecule has 1 heterocycles. The van der Waals surface area contributed by atoms with Crippen LogP contribution in [0, 0.1) is 5.82 Å². The Morgan fingerprint density at radius 3 is 2.61 bits per heavy atom. The molecule has 23 heavy (non-hydrogen) atoms. The zero-order chi connectivity index (χ0) is 16.7. The number of piperazine rings is 1. The summed E-state index contributed by atoms with van der Waals surface area (Å²) in [5.74, 6) is -0.0268. The van der Waals surface area contributed by atoms with Crippen molar-refractivity contribution in [3.8, 4) is 5.75 Å². The molecule has 0 saturated carbocycles. The quantitative estimate of drug-likeness (QED) is 0.745. The minimum atomic E-state index is -0.311. The van der Waals surface area contributed by atoms with Crippen molar-refractivity contribution in [3.63, 3.8) is 0 Å². The molecule has 2 rings (SSSR count). The largest absolute Gasteiger partial charge is 0.494 e. The van der Waals surface area contributed by atoms with Gasteiger partial charge in [0.25, 0.3) is 0 Å². The second kappa shape index (κ2) is 9.01. The van der Waals surface area contributed by atoms with E-state index >= 15 is 0 Å². The molecule has 0 aromatic heterocycles. The van der Waals surface area contributed by atoms with Gasteiger partial charge in [0.2, 0.25) is 0 Å². The number of aliphatic hydroxyl groups is 1. The molecule has 4 nitrogen and oxygen atoms in total. The second-order valence-electron chi connectivity index (χ2n) is 6.07. The van der Waals surface area contributed by atoms with Crippen LogP contribution in [0.3, 0.4) is 0 Å². The molecule has 1 unspecified atom stereocenters. The van der Waals surface area contributed by atoms with Crippen molar-refractivity contribution in [2.24, 2.45) is 0 Å². The van der Waals surface area contributed by atoms with E-state index in [2.05, 4.69) is 16.4 Å². The van der Waals surface area contributed by atoms with E-state index in [0.29, 0.717) is 0 Å². The molecular weight excluding hydrogens is 295 g/mol. The average Bonchev–Trinajstić information content (AvgIpc) is 2.55. The third kappa shape index (κ3) is 5.61. The first-order valence-electron chi connectivity index (χ1n) is 8.18. The Morgan fingerprint density at radius 2 is 2.00 bits per heavy atom. The zero-order valence-electron chi connectivity index (χ0n) is 13.9. The number of nitrogens with zero attached hydrogens (tertiary/aromatic N) is 2. The summed E-state index contributed by atoms with van der Waals surface area (Å²) in [4.78, 5) is 4.60. The van der Waals surface area contributed by atoms with Gasteiger partial charge in [-0.3, -0.25) is 9.80 Å². The first-order chi connectivity index (χ1) is 11.1. The van der Waals surface area contributed by atoms with Crippen LogP contribution < -0.4 is 4.74 Å². The van der Waals surface area contributed by atoms with Gasteiger partial charge < -0.3 is 9.84 Å². The highest BCUT2D eigenvalue weighted by Crippen LogP contribution is 2.19. The van der Waals surface area contributed by atoms with E-state index in [0.717, 1.165) is 57.7 Å². The van der Waals surface area contributed by atoms with E-state index in [9.17, 15) is 9.50 Å². The van der Waals surface area contributed by atoms with Crippen molar-refractivity contribution >= 4 is 0 Å². The monoisotopic (exact) mass is 322 g/mol. The number of hydrogen-bond acceptors (Lipinski definition) is 4. The number of aliphatic hydroxyl groups excluding tert-OH is 1. The Hall–Kier alpha value is -1.43. The zero-order valence-corrected chi connectivity index (χ0v) is 13.9. The summed E-state index contributed by atoms with van der Waals surface area (Å²) in [5, 5.41) is 9.96. The van der Waals surface area contributed by atoms with Crippen LogP contribution in [0.15, 0.2) is 30.9 Å². The fourth-order valence-corrected chi connectivity index (χ4v) is 2.90. The summed E-state index contributed by atoms with van der Waals surface area (Å²) in [6, 6.07) is 5.13. The van der Waals surface area contributed by atoms with Crippen LogP contribution in [-0.4, -0.2) is 60.8 Å². The molecule has 0 aliphatic carbocycles. The van der Waals surface area contributed by atoms with E-state index < -0.39 is 0 Å². The smallest absolute Gasteiger partial charge is 0.165 e. The van der Waals surface area contributed by atoms with Gasteiger partial charge in [-0.05, 0) is 30.5 Å².